The van der Waals surface area contributed by atoms with Gasteiger partial charge in [-0.1, -0.05) is 25.1 Å². The average Bonchev–Trinajstić information content (AvgIpc) is 2.46. The van der Waals surface area contributed by atoms with Crippen molar-refractivity contribution in [2.45, 2.75) is 19.4 Å². The van der Waals surface area contributed by atoms with Crippen LogP contribution in [0, 0.1) is 11.3 Å². The van der Waals surface area contributed by atoms with E-state index in [0.29, 0.717) is 18.0 Å². The number of hydrogen-bond acceptors (Lipinski definition) is 4. The summed E-state index contributed by atoms with van der Waals surface area (Å²) in [6, 6.07) is 12.0. The first-order chi connectivity index (χ1) is 9.28. The van der Waals surface area contributed by atoms with E-state index in [4.69, 9.17) is 4.74 Å². The van der Waals surface area contributed by atoms with E-state index >= 15 is 0 Å². The molecule has 1 heterocycles. The Morgan fingerprint density at radius 1 is 1.42 bits per heavy atom. The smallest absolute Gasteiger partial charge is 0.144 e. The van der Waals surface area contributed by atoms with Crippen LogP contribution in [-0.2, 0) is 4.74 Å². The Labute approximate surface area is 113 Å². The van der Waals surface area contributed by atoms with Crippen molar-refractivity contribution in [3.05, 3.63) is 35.9 Å². The lowest BCUT2D eigenvalue weighted by Crippen LogP contribution is -2.25. The summed E-state index contributed by atoms with van der Waals surface area (Å²) in [7, 11) is 1.67. The molecular weight excluding hydrogens is 238 g/mol. The van der Waals surface area contributed by atoms with Crippen LogP contribution in [0.25, 0.3) is 10.9 Å². The number of aromatic nitrogens is 1. The van der Waals surface area contributed by atoms with Gasteiger partial charge in [0.2, 0.25) is 0 Å². The quantitative estimate of drug-likeness (QED) is 0.892. The number of hydrogen-bond donors (Lipinski definition) is 1. The van der Waals surface area contributed by atoms with Gasteiger partial charge in [-0.25, -0.2) is 4.98 Å². The minimum atomic E-state index is 0.158. The summed E-state index contributed by atoms with van der Waals surface area (Å²) in [5.74, 6) is 0.630. The van der Waals surface area contributed by atoms with Crippen LogP contribution < -0.4 is 5.32 Å². The predicted octanol–water partition coefficient (Wildman–Crippen LogP) is 2.94. The molecule has 2 aromatic rings. The van der Waals surface area contributed by atoms with Crippen LogP contribution >= 0.6 is 0 Å². The van der Waals surface area contributed by atoms with E-state index in [1.165, 1.54) is 0 Å². The molecule has 0 aliphatic heterocycles. The second-order valence-electron chi connectivity index (χ2n) is 4.39. The minimum absolute atomic E-state index is 0.158. The maximum atomic E-state index is 9.23. The van der Waals surface area contributed by atoms with Gasteiger partial charge in [0.25, 0.3) is 0 Å². The molecule has 4 heteroatoms. The number of methoxy groups -OCH3 is 1. The standard InChI is InChI=1S/C15H17N3O/c1-3-13(10-19-2)17-15-12(9-16)8-11-6-4-5-7-14(11)18-15/h4-8,13H,3,10H2,1-2H3,(H,17,18). The van der Waals surface area contributed by atoms with Gasteiger partial charge in [0, 0.05) is 12.5 Å². The second kappa shape index (κ2) is 6.17. The zero-order chi connectivity index (χ0) is 13.7. The average molecular weight is 255 g/mol. The molecule has 0 aliphatic rings. The third-order valence-corrected chi connectivity index (χ3v) is 3.05. The van der Waals surface area contributed by atoms with Gasteiger partial charge in [-0.2, -0.15) is 5.26 Å². The van der Waals surface area contributed by atoms with Gasteiger partial charge in [-0.15, -0.1) is 0 Å². The molecule has 19 heavy (non-hydrogen) atoms. The van der Waals surface area contributed by atoms with Crippen molar-refractivity contribution in [2.24, 2.45) is 0 Å². The van der Waals surface area contributed by atoms with Gasteiger partial charge in [0.15, 0.2) is 0 Å². The van der Waals surface area contributed by atoms with E-state index in [0.717, 1.165) is 17.3 Å². The number of pyridine rings is 1. The van der Waals surface area contributed by atoms with Crippen LogP contribution in [0.3, 0.4) is 0 Å². The number of para-hydroxylation sites is 1. The van der Waals surface area contributed by atoms with Crippen molar-refractivity contribution in [3.63, 3.8) is 0 Å². The Hall–Kier alpha value is -2.12. The summed E-state index contributed by atoms with van der Waals surface area (Å²) in [4.78, 5) is 4.53. The highest BCUT2D eigenvalue weighted by atomic mass is 16.5. The van der Waals surface area contributed by atoms with Gasteiger partial charge < -0.3 is 10.1 Å². The van der Waals surface area contributed by atoms with Gasteiger partial charge in [-0.3, -0.25) is 0 Å². The van der Waals surface area contributed by atoms with E-state index in [9.17, 15) is 5.26 Å². The number of ether oxygens (including phenoxy) is 1. The lowest BCUT2D eigenvalue weighted by atomic mass is 10.1. The normalized spacial score (nSPS) is 12.1. The Bertz CT molecular complexity index is 604. The first-order valence-electron chi connectivity index (χ1n) is 6.33. The van der Waals surface area contributed by atoms with Crippen molar-refractivity contribution in [1.29, 1.82) is 5.26 Å². The fourth-order valence-corrected chi connectivity index (χ4v) is 1.97. The molecule has 0 spiro atoms. The molecule has 98 valence electrons. The number of fused-ring (bicyclic) bond motifs is 1. The van der Waals surface area contributed by atoms with Crippen molar-refractivity contribution in [2.75, 3.05) is 19.0 Å². The maximum absolute atomic E-state index is 9.23. The van der Waals surface area contributed by atoms with Crippen molar-refractivity contribution in [3.8, 4) is 6.07 Å². The summed E-state index contributed by atoms with van der Waals surface area (Å²) in [5.41, 5.74) is 1.45. The van der Waals surface area contributed by atoms with Crippen LogP contribution in [-0.4, -0.2) is 24.7 Å². The molecular formula is C15H17N3O. The van der Waals surface area contributed by atoms with Gasteiger partial charge in [0.1, 0.15) is 11.9 Å². The number of benzene rings is 1. The summed E-state index contributed by atoms with van der Waals surface area (Å²) in [6.07, 6.45) is 0.910. The lowest BCUT2D eigenvalue weighted by Gasteiger charge is -2.17. The maximum Gasteiger partial charge on any atom is 0.144 e. The fourth-order valence-electron chi connectivity index (χ4n) is 1.97. The molecule has 0 aliphatic carbocycles. The van der Waals surface area contributed by atoms with Crippen LogP contribution in [0.1, 0.15) is 18.9 Å². The molecule has 1 aromatic heterocycles. The molecule has 1 atom stereocenters. The van der Waals surface area contributed by atoms with E-state index in [2.05, 4.69) is 23.3 Å². The Balaban J connectivity index is 2.38. The van der Waals surface area contributed by atoms with Gasteiger partial charge in [-0.05, 0) is 18.6 Å². The molecule has 4 nitrogen and oxygen atoms in total. The lowest BCUT2D eigenvalue weighted by molar-refractivity contribution is 0.184. The summed E-state index contributed by atoms with van der Waals surface area (Å²) < 4.78 is 5.15. The summed E-state index contributed by atoms with van der Waals surface area (Å²) in [5, 5.41) is 13.5. The van der Waals surface area contributed by atoms with Gasteiger partial charge in [0.05, 0.1) is 23.7 Å². The molecule has 2 rings (SSSR count). The number of nitrogens with zero attached hydrogens (tertiary/aromatic N) is 2. The highest BCUT2D eigenvalue weighted by Gasteiger charge is 2.11. The molecule has 1 unspecified atom stereocenters. The van der Waals surface area contributed by atoms with Crippen molar-refractivity contribution < 1.29 is 4.74 Å². The second-order valence-corrected chi connectivity index (χ2v) is 4.39. The summed E-state index contributed by atoms with van der Waals surface area (Å²) in [6.45, 7) is 2.67. The molecule has 0 amide bonds. The highest BCUT2D eigenvalue weighted by Crippen LogP contribution is 2.20. The third kappa shape index (κ3) is 3.01. The number of nitrogens with one attached hydrogen (secondary N) is 1. The predicted molar refractivity (Wildman–Crippen MR) is 76.0 cm³/mol. The van der Waals surface area contributed by atoms with Crippen LogP contribution in [0.15, 0.2) is 30.3 Å². The van der Waals surface area contributed by atoms with E-state index < -0.39 is 0 Å². The fraction of sp³-hybridized carbons (Fsp3) is 0.333. The topological polar surface area (TPSA) is 57.9 Å². The van der Waals surface area contributed by atoms with Crippen molar-refractivity contribution in [1.82, 2.24) is 4.98 Å². The molecule has 1 aromatic carbocycles. The minimum Gasteiger partial charge on any atom is -0.383 e. The first-order valence-corrected chi connectivity index (χ1v) is 6.33. The monoisotopic (exact) mass is 255 g/mol. The summed E-state index contributed by atoms with van der Waals surface area (Å²) >= 11 is 0. The Morgan fingerprint density at radius 3 is 2.89 bits per heavy atom. The third-order valence-electron chi connectivity index (χ3n) is 3.05. The van der Waals surface area contributed by atoms with Crippen LogP contribution in [0.4, 0.5) is 5.82 Å². The number of rotatable bonds is 5. The number of nitriles is 1. The zero-order valence-corrected chi connectivity index (χ0v) is 11.2. The van der Waals surface area contributed by atoms with Crippen LogP contribution in [0.5, 0.6) is 0 Å². The molecule has 0 bridgehead atoms. The molecule has 1 N–H and O–H groups in total. The highest BCUT2D eigenvalue weighted by molar-refractivity contribution is 5.82. The van der Waals surface area contributed by atoms with Gasteiger partial charge >= 0.3 is 0 Å². The largest absolute Gasteiger partial charge is 0.383 e. The molecule has 0 saturated carbocycles. The van der Waals surface area contributed by atoms with E-state index in [-0.39, 0.29) is 6.04 Å². The van der Waals surface area contributed by atoms with Crippen LogP contribution in [0.2, 0.25) is 0 Å². The Morgan fingerprint density at radius 2 is 2.21 bits per heavy atom. The SMILES string of the molecule is CCC(COC)Nc1nc2ccccc2cc1C#N. The molecule has 0 saturated heterocycles. The van der Waals surface area contributed by atoms with Crippen molar-refractivity contribution >= 4 is 16.7 Å². The molecule has 0 radical (unpaired) electrons. The molecule has 0 fully saturated rings. The van der Waals surface area contributed by atoms with E-state index in [1.807, 2.05) is 30.3 Å². The zero-order valence-electron chi connectivity index (χ0n) is 11.2. The first kappa shape index (κ1) is 13.3. The Kier molecular flexibility index (Phi) is 4.32. The number of anilines is 1. The van der Waals surface area contributed by atoms with E-state index in [1.54, 1.807) is 7.11 Å².